The number of phenols is 2. The van der Waals surface area contributed by atoms with Crippen LogP contribution in [-0.2, 0) is 0 Å². The van der Waals surface area contributed by atoms with Crippen molar-refractivity contribution in [1.29, 1.82) is 0 Å². The van der Waals surface area contributed by atoms with Gasteiger partial charge >= 0.3 is 0 Å². The number of Topliss-reactive ketones (excluding diaryl/α,β-unsaturated/α-hetero) is 1. The van der Waals surface area contributed by atoms with Crippen molar-refractivity contribution in [3.8, 4) is 17.2 Å². The smallest absolute Gasteiger partial charge is 0.174 e. The molecule has 1 atom stereocenters. The number of hydrogen-bond donors (Lipinski definition) is 2. The summed E-state index contributed by atoms with van der Waals surface area (Å²) in [4.78, 5) is 12.1. The molecule has 1 aromatic rings. The van der Waals surface area contributed by atoms with Crippen molar-refractivity contribution in [2.24, 2.45) is 5.92 Å². The summed E-state index contributed by atoms with van der Waals surface area (Å²) < 4.78 is 5.81. The third-order valence-electron chi connectivity index (χ3n) is 3.94. The van der Waals surface area contributed by atoms with Gasteiger partial charge in [-0.05, 0) is 18.8 Å². The van der Waals surface area contributed by atoms with Crippen molar-refractivity contribution in [2.75, 3.05) is 0 Å². The minimum Gasteiger partial charge on any atom is -0.508 e. The number of rotatable bonds is 1. The van der Waals surface area contributed by atoms with Gasteiger partial charge in [0.05, 0.1) is 0 Å². The van der Waals surface area contributed by atoms with E-state index in [1.165, 1.54) is 25.0 Å². The molecule has 0 bridgehead atoms. The zero-order valence-corrected chi connectivity index (χ0v) is 10.1. The van der Waals surface area contributed by atoms with Gasteiger partial charge < -0.3 is 14.9 Å². The lowest BCUT2D eigenvalue weighted by atomic mass is 9.91. The van der Waals surface area contributed by atoms with Gasteiger partial charge in [0, 0.05) is 18.6 Å². The van der Waals surface area contributed by atoms with Gasteiger partial charge in [-0.2, -0.15) is 0 Å². The number of carbonyl (C=O) groups excluding carboxylic acids is 1. The fraction of sp³-hybridized carbons (Fsp3) is 0.500. The SMILES string of the molecule is O=C1CC(C2CCCC2)Oc2cc(O)cc(O)c21. The second kappa shape index (κ2) is 4.19. The first kappa shape index (κ1) is 11.4. The molecule has 4 heteroatoms. The van der Waals surface area contributed by atoms with Gasteiger partial charge in [-0.25, -0.2) is 0 Å². The second-order valence-electron chi connectivity index (χ2n) is 5.17. The predicted molar refractivity (Wildman–Crippen MR) is 65.1 cm³/mol. The van der Waals surface area contributed by atoms with Crippen molar-refractivity contribution < 1.29 is 19.7 Å². The maximum atomic E-state index is 12.1. The Morgan fingerprint density at radius 3 is 2.61 bits per heavy atom. The van der Waals surface area contributed by atoms with E-state index in [0.717, 1.165) is 12.8 Å². The summed E-state index contributed by atoms with van der Waals surface area (Å²) in [5.74, 6) is 0.379. The zero-order valence-electron chi connectivity index (χ0n) is 10.1. The largest absolute Gasteiger partial charge is 0.508 e. The summed E-state index contributed by atoms with van der Waals surface area (Å²) in [5.41, 5.74) is 0.210. The van der Waals surface area contributed by atoms with Gasteiger partial charge in [-0.1, -0.05) is 12.8 Å². The Bertz CT molecular complexity index is 489. The molecule has 1 aromatic carbocycles. The normalized spacial score (nSPS) is 23.8. The first-order chi connectivity index (χ1) is 8.65. The monoisotopic (exact) mass is 248 g/mol. The third kappa shape index (κ3) is 1.82. The molecule has 0 aromatic heterocycles. The van der Waals surface area contributed by atoms with E-state index in [2.05, 4.69) is 0 Å². The first-order valence-electron chi connectivity index (χ1n) is 6.41. The molecule has 96 valence electrons. The molecular weight excluding hydrogens is 232 g/mol. The molecule has 1 fully saturated rings. The molecule has 1 aliphatic carbocycles. The lowest BCUT2D eigenvalue weighted by molar-refractivity contribution is 0.0731. The van der Waals surface area contributed by atoms with Crippen molar-refractivity contribution in [2.45, 2.75) is 38.2 Å². The average molecular weight is 248 g/mol. The number of aromatic hydroxyl groups is 2. The molecule has 1 unspecified atom stereocenters. The number of hydrogen-bond acceptors (Lipinski definition) is 4. The lowest BCUT2D eigenvalue weighted by Gasteiger charge is -2.29. The number of fused-ring (bicyclic) bond motifs is 1. The minimum atomic E-state index is -0.195. The topological polar surface area (TPSA) is 66.8 Å². The van der Waals surface area contributed by atoms with Gasteiger partial charge in [-0.3, -0.25) is 4.79 Å². The van der Waals surface area contributed by atoms with E-state index in [1.54, 1.807) is 0 Å². The summed E-state index contributed by atoms with van der Waals surface area (Å²) in [6.45, 7) is 0. The van der Waals surface area contributed by atoms with E-state index in [1.807, 2.05) is 0 Å². The van der Waals surface area contributed by atoms with Crippen molar-refractivity contribution in [1.82, 2.24) is 0 Å². The van der Waals surface area contributed by atoms with Crippen LogP contribution >= 0.6 is 0 Å². The van der Waals surface area contributed by atoms with Crippen LogP contribution in [0.15, 0.2) is 12.1 Å². The fourth-order valence-electron chi connectivity index (χ4n) is 3.04. The zero-order chi connectivity index (χ0) is 12.7. The van der Waals surface area contributed by atoms with Crippen LogP contribution in [0.5, 0.6) is 17.2 Å². The Morgan fingerprint density at radius 2 is 1.89 bits per heavy atom. The van der Waals surface area contributed by atoms with Crippen molar-refractivity contribution in [3.05, 3.63) is 17.7 Å². The van der Waals surface area contributed by atoms with E-state index in [4.69, 9.17) is 4.74 Å². The van der Waals surface area contributed by atoms with Gasteiger partial charge in [0.15, 0.2) is 5.78 Å². The number of ketones is 1. The molecule has 18 heavy (non-hydrogen) atoms. The summed E-state index contributed by atoms with van der Waals surface area (Å²) in [5, 5.41) is 19.2. The Labute approximate surface area is 105 Å². The fourth-order valence-corrected chi connectivity index (χ4v) is 3.04. The van der Waals surface area contributed by atoms with Crippen LogP contribution in [0.2, 0.25) is 0 Å². The molecule has 0 spiro atoms. The quantitative estimate of drug-likeness (QED) is 0.801. The number of ether oxygens (including phenoxy) is 1. The average Bonchev–Trinajstić information content (AvgIpc) is 2.80. The van der Waals surface area contributed by atoms with Crippen LogP contribution in [0, 0.1) is 5.92 Å². The second-order valence-corrected chi connectivity index (χ2v) is 5.17. The predicted octanol–water partition coefficient (Wildman–Crippen LogP) is 2.62. The molecule has 0 amide bonds. The molecule has 1 saturated carbocycles. The van der Waals surface area contributed by atoms with Crippen LogP contribution in [0.25, 0.3) is 0 Å². The molecule has 3 rings (SSSR count). The van der Waals surface area contributed by atoms with Gasteiger partial charge in [0.25, 0.3) is 0 Å². The summed E-state index contributed by atoms with van der Waals surface area (Å²) in [6.07, 6.45) is 4.80. The van der Waals surface area contributed by atoms with E-state index < -0.39 is 0 Å². The highest BCUT2D eigenvalue weighted by Gasteiger charge is 2.35. The third-order valence-corrected chi connectivity index (χ3v) is 3.94. The van der Waals surface area contributed by atoms with Gasteiger partial charge in [-0.15, -0.1) is 0 Å². The van der Waals surface area contributed by atoms with Crippen LogP contribution in [-0.4, -0.2) is 22.1 Å². The van der Waals surface area contributed by atoms with Crippen molar-refractivity contribution >= 4 is 5.78 Å². The molecule has 1 aliphatic heterocycles. The number of benzene rings is 1. The molecule has 2 N–H and O–H groups in total. The van der Waals surface area contributed by atoms with E-state index in [-0.39, 0.29) is 28.9 Å². The van der Waals surface area contributed by atoms with E-state index in [0.29, 0.717) is 18.1 Å². The Morgan fingerprint density at radius 1 is 1.17 bits per heavy atom. The van der Waals surface area contributed by atoms with Crippen LogP contribution < -0.4 is 4.74 Å². The Kier molecular flexibility index (Phi) is 2.65. The molecule has 0 saturated heterocycles. The van der Waals surface area contributed by atoms with Crippen LogP contribution in [0.4, 0.5) is 0 Å². The number of phenolic OH excluding ortho intramolecular Hbond substituents is 2. The first-order valence-corrected chi connectivity index (χ1v) is 6.41. The molecule has 1 heterocycles. The van der Waals surface area contributed by atoms with Gasteiger partial charge in [0.1, 0.15) is 28.9 Å². The lowest BCUT2D eigenvalue weighted by Crippen LogP contribution is -2.32. The highest BCUT2D eigenvalue weighted by Crippen LogP contribution is 2.41. The van der Waals surface area contributed by atoms with E-state index >= 15 is 0 Å². The maximum absolute atomic E-state index is 12.1. The van der Waals surface area contributed by atoms with Gasteiger partial charge in [0.2, 0.25) is 0 Å². The molecule has 0 radical (unpaired) electrons. The Hall–Kier alpha value is -1.71. The van der Waals surface area contributed by atoms with Crippen LogP contribution in [0.3, 0.4) is 0 Å². The van der Waals surface area contributed by atoms with Crippen LogP contribution in [0.1, 0.15) is 42.5 Å². The molecule has 4 nitrogen and oxygen atoms in total. The number of carbonyl (C=O) groups is 1. The standard InChI is InChI=1S/C14H16O4/c15-9-5-10(16)14-11(17)7-12(18-13(14)6-9)8-3-1-2-4-8/h5-6,8,12,15-16H,1-4,7H2. The Balaban J connectivity index is 1.93. The summed E-state index contributed by atoms with van der Waals surface area (Å²) >= 11 is 0. The highest BCUT2D eigenvalue weighted by molar-refractivity contribution is 6.02. The minimum absolute atomic E-state index is 0.0777. The highest BCUT2D eigenvalue weighted by atomic mass is 16.5. The molecular formula is C14H16O4. The maximum Gasteiger partial charge on any atom is 0.174 e. The van der Waals surface area contributed by atoms with E-state index in [9.17, 15) is 15.0 Å². The summed E-state index contributed by atoms with van der Waals surface area (Å²) in [7, 11) is 0. The van der Waals surface area contributed by atoms with Crippen molar-refractivity contribution in [3.63, 3.8) is 0 Å². The molecule has 2 aliphatic rings. The summed E-state index contributed by atoms with van der Waals surface area (Å²) in [6, 6.07) is 2.59.